The molecule has 2 aromatic heterocycles. The molecule has 3 N–H and O–H groups in total. The molecule has 0 bridgehead atoms. The Hall–Kier alpha value is -2.25. The lowest BCUT2D eigenvalue weighted by Gasteiger charge is -2.18. The second kappa shape index (κ2) is 7.55. The van der Waals surface area contributed by atoms with Crippen molar-refractivity contribution in [2.45, 2.75) is 19.1 Å². The van der Waals surface area contributed by atoms with Crippen LogP contribution >= 0.6 is 11.8 Å². The number of hydrogen-bond donors (Lipinski definition) is 3. The fourth-order valence-corrected chi connectivity index (χ4v) is 3.10. The number of carbonyl (C=O) groups is 1. The number of hydrogen-bond acceptors (Lipinski definition) is 4. The number of thioether (sulfide) groups is 1. The summed E-state index contributed by atoms with van der Waals surface area (Å²) < 4.78 is 1.93. The summed E-state index contributed by atoms with van der Waals surface area (Å²) in [4.78, 5) is 20.0. The van der Waals surface area contributed by atoms with E-state index in [0.717, 1.165) is 23.2 Å². The van der Waals surface area contributed by atoms with Gasteiger partial charge < -0.3 is 20.0 Å². The van der Waals surface area contributed by atoms with E-state index in [-0.39, 0.29) is 18.6 Å². The van der Waals surface area contributed by atoms with Gasteiger partial charge in [-0.15, -0.1) is 0 Å². The molecule has 0 saturated carbocycles. The Balaban J connectivity index is 1.78. The molecule has 126 valence electrons. The Morgan fingerprint density at radius 2 is 2.21 bits per heavy atom. The molecule has 0 saturated heterocycles. The van der Waals surface area contributed by atoms with Gasteiger partial charge in [-0.1, -0.05) is 0 Å². The SMILES string of the molecule is CSCC[C@H](C(=O)Nc1ccc2nc(CO)[nH]c2c1)n1cccc1. The zero-order valence-electron chi connectivity index (χ0n) is 13.4. The molecule has 0 aliphatic carbocycles. The molecule has 1 aromatic carbocycles. The number of anilines is 1. The van der Waals surface area contributed by atoms with Gasteiger partial charge in [-0.25, -0.2) is 4.98 Å². The largest absolute Gasteiger partial charge is 0.388 e. The highest BCUT2D eigenvalue weighted by molar-refractivity contribution is 7.98. The van der Waals surface area contributed by atoms with Crippen LogP contribution in [0.5, 0.6) is 0 Å². The molecule has 24 heavy (non-hydrogen) atoms. The monoisotopic (exact) mass is 344 g/mol. The van der Waals surface area contributed by atoms with Crippen LogP contribution in [-0.4, -0.2) is 37.6 Å². The Labute approximate surface area is 144 Å². The Bertz CT molecular complexity index is 813. The number of imidazole rings is 1. The highest BCUT2D eigenvalue weighted by Gasteiger charge is 2.19. The first-order valence-corrected chi connectivity index (χ1v) is 9.12. The van der Waals surface area contributed by atoms with E-state index in [1.165, 1.54) is 0 Å². The van der Waals surface area contributed by atoms with Crippen molar-refractivity contribution in [1.29, 1.82) is 0 Å². The molecule has 0 aliphatic heterocycles. The fraction of sp³-hybridized carbons (Fsp3) is 0.294. The average Bonchev–Trinajstić information content (AvgIpc) is 3.24. The van der Waals surface area contributed by atoms with Crippen molar-refractivity contribution in [1.82, 2.24) is 14.5 Å². The lowest BCUT2D eigenvalue weighted by molar-refractivity contribution is -0.119. The predicted octanol–water partition coefficient (Wildman–Crippen LogP) is 2.79. The molecular formula is C17H20N4O2S. The summed E-state index contributed by atoms with van der Waals surface area (Å²) in [5.41, 5.74) is 2.27. The van der Waals surface area contributed by atoms with Gasteiger partial charge in [0.2, 0.25) is 5.91 Å². The molecule has 0 fully saturated rings. The minimum absolute atomic E-state index is 0.0403. The summed E-state index contributed by atoms with van der Waals surface area (Å²) in [6, 6.07) is 9.09. The molecule has 1 amide bonds. The maximum absolute atomic E-state index is 12.7. The van der Waals surface area contributed by atoms with E-state index in [4.69, 9.17) is 5.11 Å². The number of H-pyrrole nitrogens is 1. The quantitative estimate of drug-likeness (QED) is 0.615. The highest BCUT2D eigenvalue weighted by atomic mass is 32.2. The lowest BCUT2D eigenvalue weighted by Crippen LogP contribution is -2.25. The van der Waals surface area contributed by atoms with Crippen molar-refractivity contribution in [3.8, 4) is 0 Å². The Morgan fingerprint density at radius 3 is 2.92 bits per heavy atom. The molecule has 3 rings (SSSR count). The topological polar surface area (TPSA) is 82.9 Å². The van der Waals surface area contributed by atoms with Crippen LogP contribution < -0.4 is 5.32 Å². The summed E-state index contributed by atoms with van der Waals surface area (Å²) >= 11 is 1.73. The molecule has 0 unspecified atom stereocenters. The first-order chi connectivity index (χ1) is 11.7. The normalized spacial score (nSPS) is 12.4. The zero-order chi connectivity index (χ0) is 16.9. The average molecular weight is 344 g/mol. The van der Waals surface area contributed by atoms with Crippen molar-refractivity contribution >= 4 is 34.4 Å². The maximum Gasteiger partial charge on any atom is 0.247 e. The minimum Gasteiger partial charge on any atom is -0.388 e. The third-order valence-corrected chi connectivity index (χ3v) is 4.48. The molecular weight excluding hydrogens is 324 g/mol. The van der Waals surface area contributed by atoms with Gasteiger partial charge in [-0.2, -0.15) is 11.8 Å². The first kappa shape index (κ1) is 16.6. The predicted molar refractivity (Wildman–Crippen MR) is 97.1 cm³/mol. The number of fused-ring (bicyclic) bond motifs is 1. The smallest absolute Gasteiger partial charge is 0.247 e. The molecule has 0 radical (unpaired) electrons. The van der Waals surface area contributed by atoms with E-state index >= 15 is 0 Å². The summed E-state index contributed by atoms with van der Waals surface area (Å²) in [6.07, 6.45) is 6.63. The van der Waals surface area contributed by atoms with Crippen LogP contribution in [0.3, 0.4) is 0 Å². The van der Waals surface area contributed by atoms with E-state index < -0.39 is 0 Å². The van der Waals surface area contributed by atoms with Crippen LogP contribution in [0.25, 0.3) is 11.0 Å². The van der Waals surface area contributed by atoms with Gasteiger partial charge in [0.15, 0.2) is 0 Å². The number of nitrogens with zero attached hydrogens (tertiary/aromatic N) is 2. The molecule has 2 heterocycles. The van der Waals surface area contributed by atoms with Gasteiger partial charge >= 0.3 is 0 Å². The van der Waals surface area contributed by atoms with Crippen molar-refractivity contribution in [3.05, 3.63) is 48.5 Å². The number of amides is 1. The van der Waals surface area contributed by atoms with Gasteiger partial charge in [0.05, 0.1) is 11.0 Å². The van der Waals surface area contributed by atoms with Crippen LogP contribution in [0.1, 0.15) is 18.3 Å². The molecule has 1 atom stereocenters. The molecule has 0 aliphatic rings. The Kier molecular flexibility index (Phi) is 5.22. The van der Waals surface area contributed by atoms with Crippen molar-refractivity contribution in [2.75, 3.05) is 17.3 Å². The summed E-state index contributed by atoms with van der Waals surface area (Å²) in [5.74, 6) is 1.38. The van der Waals surface area contributed by atoms with Crippen LogP contribution in [0, 0.1) is 0 Å². The van der Waals surface area contributed by atoms with Gasteiger partial charge in [-0.05, 0) is 48.8 Å². The van der Waals surface area contributed by atoms with Crippen LogP contribution in [0.2, 0.25) is 0 Å². The minimum atomic E-state index is -0.238. The van der Waals surface area contributed by atoms with E-state index in [9.17, 15) is 4.79 Å². The van der Waals surface area contributed by atoms with Crippen molar-refractivity contribution < 1.29 is 9.90 Å². The van der Waals surface area contributed by atoms with Gasteiger partial charge in [-0.3, -0.25) is 4.79 Å². The number of aliphatic hydroxyl groups excluding tert-OH is 1. The van der Waals surface area contributed by atoms with Gasteiger partial charge in [0, 0.05) is 18.1 Å². The third-order valence-electron chi connectivity index (χ3n) is 3.83. The number of nitrogens with one attached hydrogen (secondary N) is 2. The second-order valence-corrected chi connectivity index (χ2v) is 6.48. The summed E-state index contributed by atoms with van der Waals surface area (Å²) in [6.45, 7) is -0.138. The number of aliphatic hydroxyl groups is 1. The number of carbonyl (C=O) groups excluding carboxylic acids is 1. The molecule has 6 nitrogen and oxygen atoms in total. The maximum atomic E-state index is 12.7. The van der Waals surface area contributed by atoms with E-state index in [0.29, 0.717) is 11.5 Å². The second-order valence-electron chi connectivity index (χ2n) is 5.49. The molecule has 7 heteroatoms. The number of aromatic amines is 1. The lowest BCUT2D eigenvalue weighted by atomic mass is 10.2. The first-order valence-electron chi connectivity index (χ1n) is 7.73. The fourth-order valence-electron chi connectivity index (χ4n) is 2.64. The summed E-state index contributed by atoms with van der Waals surface area (Å²) in [5, 5.41) is 12.1. The van der Waals surface area contributed by atoms with E-state index in [2.05, 4.69) is 15.3 Å². The highest BCUT2D eigenvalue weighted by Crippen LogP contribution is 2.21. The van der Waals surface area contributed by atoms with Crippen LogP contribution in [0.15, 0.2) is 42.7 Å². The van der Waals surface area contributed by atoms with Crippen LogP contribution in [0.4, 0.5) is 5.69 Å². The number of benzene rings is 1. The molecule has 0 spiro atoms. The zero-order valence-corrected chi connectivity index (χ0v) is 14.2. The van der Waals surface area contributed by atoms with Gasteiger partial charge in [0.25, 0.3) is 0 Å². The third kappa shape index (κ3) is 3.63. The summed E-state index contributed by atoms with van der Waals surface area (Å²) in [7, 11) is 0. The van der Waals surface area contributed by atoms with E-state index in [1.807, 2.05) is 53.5 Å². The van der Waals surface area contributed by atoms with Crippen LogP contribution in [-0.2, 0) is 11.4 Å². The molecule has 3 aromatic rings. The van der Waals surface area contributed by atoms with Crippen molar-refractivity contribution in [2.24, 2.45) is 0 Å². The standard InChI is InChI=1S/C17H20N4O2S/c1-24-9-6-15(21-7-2-3-8-21)17(23)18-12-4-5-13-14(10-12)20-16(11-22)19-13/h2-5,7-8,10,15,22H,6,9,11H2,1H3,(H,18,23)(H,19,20)/t15-/m1/s1. The Morgan fingerprint density at radius 1 is 1.42 bits per heavy atom. The van der Waals surface area contributed by atoms with Crippen molar-refractivity contribution in [3.63, 3.8) is 0 Å². The number of rotatable bonds is 7. The van der Waals surface area contributed by atoms with Gasteiger partial charge in [0.1, 0.15) is 18.5 Å². The van der Waals surface area contributed by atoms with E-state index in [1.54, 1.807) is 11.8 Å². The number of aromatic nitrogens is 3.